The van der Waals surface area contributed by atoms with Crippen LogP contribution in [0.3, 0.4) is 0 Å². The summed E-state index contributed by atoms with van der Waals surface area (Å²) in [6, 6.07) is 8.02. The van der Waals surface area contributed by atoms with E-state index in [1.54, 1.807) is 0 Å². The van der Waals surface area contributed by atoms with Crippen LogP contribution in [0.4, 0.5) is 5.69 Å². The number of rotatable bonds is 3. The van der Waals surface area contributed by atoms with Crippen molar-refractivity contribution in [2.75, 3.05) is 5.32 Å². The molecule has 4 heteroatoms. The summed E-state index contributed by atoms with van der Waals surface area (Å²) in [5, 5.41) is 2.97. The predicted octanol–water partition coefficient (Wildman–Crippen LogP) is 4.18. The highest BCUT2D eigenvalue weighted by atomic mass is 32.2. The summed E-state index contributed by atoms with van der Waals surface area (Å²) in [7, 11) is 0. The average Bonchev–Trinajstić information content (AvgIpc) is 2.40. The van der Waals surface area contributed by atoms with Gasteiger partial charge in [0, 0.05) is 15.3 Å². The normalized spacial score (nSPS) is 18.3. The molecule has 21 heavy (non-hydrogen) atoms. The highest BCUT2D eigenvalue weighted by Crippen LogP contribution is 2.32. The van der Waals surface area contributed by atoms with E-state index in [0.717, 1.165) is 31.4 Å². The number of nitrogens with one attached hydrogen (secondary N) is 1. The van der Waals surface area contributed by atoms with Gasteiger partial charge in [-0.25, -0.2) is 0 Å². The number of anilines is 1. The second-order valence-electron chi connectivity index (χ2n) is 6.91. The lowest BCUT2D eigenvalue weighted by Gasteiger charge is -2.31. The molecular weight excluding hydrogens is 280 g/mol. The van der Waals surface area contributed by atoms with E-state index in [2.05, 4.69) is 38.2 Å². The fourth-order valence-electron chi connectivity index (χ4n) is 2.63. The molecule has 0 aliphatic heterocycles. The zero-order chi connectivity index (χ0) is 15.5. The van der Waals surface area contributed by atoms with E-state index < -0.39 is 5.54 Å². The van der Waals surface area contributed by atoms with Gasteiger partial charge in [-0.15, -0.1) is 11.8 Å². The SMILES string of the molecule is CC(C)(C)Sc1ccc(NC(=O)C2(N)CCCCC2)cc1. The molecule has 1 fully saturated rings. The van der Waals surface area contributed by atoms with E-state index in [1.807, 2.05) is 23.9 Å². The second-order valence-corrected chi connectivity index (χ2v) is 8.81. The molecule has 1 aliphatic rings. The van der Waals surface area contributed by atoms with Crippen molar-refractivity contribution in [2.24, 2.45) is 5.73 Å². The summed E-state index contributed by atoms with van der Waals surface area (Å²) in [5.74, 6) is -0.0431. The van der Waals surface area contributed by atoms with Gasteiger partial charge in [0.2, 0.25) is 5.91 Å². The van der Waals surface area contributed by atoms with Crippen LogP contribution >= 0.6 is 11.8 Å². The molecule has 1 aromatic rings. The zero-order valence-electron chi connectivity index (χ0n) is 13.2. The van der Waals surface area contributed by atoms with E-state index in [1.165, 1.54) is 11.3 Å². The first-order chi connectivity index (χ1) is 9.78. The Bertz CT molecular complexity index is 485. The molecule has 1 saturated carbocycles. The van der Waals surface area contributed by atoms with E-state index in [4.69, 9.17) is 5.73 Å². The third-order valence-corrected chi connectivity index (χ3v) is 4.85. The number of carbonyl (C=O) groups is 1. The quantitative estimate of drug-likeness (QED) is 0.824. The lowest BCUT2D eigenvalue weighted by Crippen LogP contribution is -2.52. The van der Waals surface area contributed by atoms with Gasteiger partial charge in [0.15, 0.2) is 0 Å². The van der Waals surface area contributed by atoms with Crippen molar-refractivity contribution in [3.05, 3.63) is 24.3 Å². The summed E-state index contributed by atoms with van der Waals surface area (Å²) in [4.78, 5) is 13.6. The molecule has 1 aromatic carbocycles. The minimum atomic E-state index is -0.683. The van der Waals surface area contributed by atoms with Crippen LogP contribution in [0.1, 0.15) is 52.9 Å². The fourth-order valence-corrected chi connectivity index (χ4v) is 3.60. The first kappa shape index (κ1) is 16.4. The van der Waals surface area contributed by atoms with Gasteiger partial charge in [-0.05, 0) is 37.1 Å². The number of thioether (sulfide) groups is 1. The first-order valence-electron chi connectivity index (χ1n) is 7.68. The Morgan fingerprint density at radius 1 is 1.14 bits per heavy atom. The summed E-state index contributed by atoms with van der Waals surface area (Å²) in [5.41, 5.74) is 6.39. The Morgan fingerprint density at radius 3 is 2.24 bits per heavy atom. The Balaban J connectivity index is 1.98. The average molecular weight is 306 g/mol. The maximum atomic E-state index is 12.4. The summed E-state index contributed by atoms with van der Waals surface area (Å²) in [6.07, 6.45) is 4.86. The van der Waals surface area contributed by atoms with Crippen molar-refractivity contribution >= 4 is 23.4 Å². The molecule has 1 aliphatic carbocycles. The van der Waals surface area contributed by atoms with Gasteiger partial charge in [0.1, 0.15) is 0 Å². The monoisotopic (exact) mass is 306 g/mol. The van der Waals surface area contributed by atoms with E-state index in [0.29, 0.717) is 0 Å². The Morgan fingerprint density at radius 2 is 1.71 bits per heavy atom. The van der Waals surface area contributed by atoms with Crippen molar-refractivity contribution < 1.29 is 4.79 Å². The third kappa shape index (κ3) is 4.75. The molecule has 1 amide bonds. The topological polar surface area (TPSA) is 55.1 Å². The van der Waals surface area contributed by atoms with E-state index >= 15 is 0 Å². The minimum Gasteiger partial charge on any atom is -0.324 e. The molecule has 0 spiro atoms. The molecule has 116 valence electrons. The molecule has 0 heterocycles. The molecule has 2 rings (SSSR count). The number of nitrogens with two attached hydrogens (primary N) is 1. The second kappa shape index (κ2) is 6.41. The maximum Gasteiger partial charge on any atom is 0.244 e. The van der Waals surface area contributed by atoms with Crippen LogP contribution in [0.2, 0.25) is 0 Å². The van der Waals surface area contributed by atoms with Crippen LogP contribution in [0.5, 0.6) is 0 Å². The smallest absolute Gasteiger partial charge is 0.244 e. The molecule has 0 atom stereocenters. The van der Waals surface area contributed by atoms with Crippen molar-refractivity contribution in [2.45, 2.75) is 68.1 Å². The van der Waals surface area contributed by atoms with Gasteiger partial charge in [-0.2, -0.15) is 0 Å². The van der Waals surface area contributed by atoms with Gasteiger partial charge in [-0.1, -0.05) is 40.0 Å². The lowest BCUT2D eigenvalue weighted by molar-refractivity contribution is -0.122. The lowest BCUT2D eigenvalue weighted by atomic mass is 9.82. The van der Waals surface area contributed by atoms with Gasteiger partial charge < -0.3 is 11.1 Å². The van der Waals surface area contributed by atoms with Gasteiger partial charge in [-0.3, -0.25) is 4.79 Å². The molecule has 0 saturated heterocycles. The van der Waals surface area contributed by atoms with Crippen molar-refractivity contribution in [3.8, 4) is 0 Å². The summed E-state index contributed by atoms with van der Waals surface area (Å²) < 4.78 is 0.189. The van der Waals surface area contributed by atoms with Crippen LogP contribution in [0.15, 0.2) is 29.2 Å². The minimum absolute atomic E-state index is 0.0431. The van der Waals surface area contributed by atoms with Crippen molar-refractivity contribution in [1.29, 1.82) is 0 Å². The zero-order valence-corrected chi connectivity index (χ0v) is 14.1. The highest BCUT2D eigenvalue weighted by Gasteiger charge is 2.35. The van der Waals surface area contributed by atoms with Crippen LogP contribution in [-0.4, -0.2) is 16.2 Å². The number of carbonyl (C=O) groups excluding carboxylic acids is 1. The molecule has 0 bridgehead atoms. The van der Waals surface area contributed by atoms with Gasteiger partial charge in [0.05, 0.1) is 5.54 Å². The predicted molar refractivity (Wildman–Crippen MR) is 90.7 cm³/mol. The standard InChI is InChI=1S/C17H26N2OS/c1-16(2,3)21-14-9-7-13(8-10-14)19-15(20)17(18)11-5-4-6-12-17/h7-10H,4-6,11-12,18H2,1-3H3,(H,19,20). The Kier molecular flexibility index (Phi) is 4.99. The number of benzene rings is 1. The largest absolute Gasteiger partial charge is 0.324 e. The van der Waals surface area contributed by atoms with Crippen LogP contribution in [0, 0.1) is 0 Å². The summed E-state index contributed by atoms with van der Waals surface area (Å²) in [6.45, 7) is 6.57. The van der Waals surface area contributed by atoms with Crippen molar-refractivity contribution in [1.82, 2.24) is 0 Å². The molecule has 0 radical (unpaired) electrons. The van der Waals surface area contributed by atoms with E-state index in [-0.39, 0.29) is 10.7 Å². The van der Waals surface area contributed by atoms with Gasteiger partial charge >= 0.3 is 0 Å². The fraction of sp³-hybridized carbons (Fsp3) is 0.588. The molecule has 3 N–H and O–H groups in total. The van der Waals surface area contributed by atoms with Crippen LogP contribution in [0.25, 0.3) is 0 Å². The highest BCUT2D eigenvalue weighted by molar-refractivity contribution is 8.00. The Labute approximate surface area is 132 Å². The van der Waals surface area contributed by atoms with E-state index in [9.17, 15) is 4.79 Å². The Hall–Kier alpha value is -1.00. The summed E-state index contributed by atoms with van der Waals surface area (Å²) >= 11 is 1.82. The van der Waals surface area contributed by atoms with Gasteiger partial charge in [0.25, 0.3) is 0 Å². The number of hydrogen-bond acceptors (Lipinski definition) is 3. The molecular formula is C17H26N2OS. The maximum absolute atomic E-state index is 12.4. The molecule has 0 unspecified atom stereocenters. The molecule has 0 aromatic heterocycles. The van der Waals surface area contributed by atoms with Crippen LogP contribution in [-0.2, 0) is 4.79 Å². The number of hydrogen-bond donors (Lipinski definition) is 2. The number of amides is 1. The molecule has 3 nitrogen and oxygen atoms in total. The first-order valence-corrected chi connectivity index (χ1v) is 8.50. The third-order valence-electron chi connectivity index (χ3n) is 3.73. The van der Waals surface area contributed by atoms with Crippen LogP contribution < -0.4 is 11.1 Å². The van der Waals surface area contributed by atoms with Crippen molar-refractivity contribution in [3.63, 3.8) is 0 Å².